The molecule has 0 saturated heterocycles. The molecular weight excluding hydrogens is 320 g/mol. The quantitative estimate of drug-likeness (QED) is 0.902. The van der Waals surface area contributed by atoms with Crippen LogP contribution in [0.5, 0.6) is 5.75 Å². The molecule has 3 rings (SSSR count). The van der Waals surface area contributed by atoms with Gasteiger partial charge in [-0.3, -0.25) is 9.79 Å². The standard InChI is InChI=1S/C15H17BrN2O2/c1-20-12-6-5-10(9-11(12)16)13-14(19)18-15(17-13)7-3-2-4-8-15/h5-6,9H,2-4,7-8H2,1H3,(H,18,19). The van der Waals surface area contributed by atoms with Crippen LogP contribution < -0.4 is 10.1 Å². The maximum Gasteiger partial charge on any atom is 0.272 e. The van der Waals surface area contributed by atoms with E-state index in [-0.39, 0.29) is 11.6 Å². The van der Waals surface area contributed by atoms with Gasteiger partial charge in [-0.05, 0) is 59.8 Å². The number of carbonyl (C=O) groups is 1. The van der Waals surface area contributed by atoms with E-state index >= 15 is 0 Å². The van der Waals surface area contributed by atoms with Gasteiger partial charge in [-0.1, -0.05) is 6.42 Å². The van der Waals surface area contributed by atoms with E-state index in [0.717, 1.165) is 41.5 Å². The predicted octanol–water partition coefficient (Wildman–Crippen LogP) is 3.04. The Bertz CT molecular complexity index is 577. The van der Waals surface area contributed by atoms with Crippen LogP contribution in [0.3, 0.4) is 0 Å². The van der Waals surface area contributed by atoms with Gasteiger partial charge in [0, 0.05) is 5.56 Å². The summed E-state index contributed by atoms with van der Waals surface area (Å²) in [5, 5.41) is 3.08. The molecule has 1 fully saturated rings. The van der Waals surface area contributed by atoms with Crippen LogP contribution in [0.2, 0.25) is 0 Å². The first-order valence-electron chi connectivity index (χ1n) is 6.90. The molecule has 4 nitrogen and oxygen atoms in total. The van der Waals surface area contributed by atoms with Crippen molar-refractivity contribution in [1.82, 2.24) is 5.32 Å². The van der Waals surface area contributed by atoms with Gasteiger partial charge in [0.25, 0.3) is 5.91 Å². The third kappa shape index (κ3) is 2.35. The summed E-state index contributed by atoms with van der Waals surface area (Å²) in [6, 6.07) is 5.62. The van der Waals surface area contributed by atoms with Crippen molar-refractivity contribution in [1.29, 1.82) is 0 Å². The minimum Gasteiger partial charge on any atom is -0.496 e. The van der Waals surface area contributed by atoms with E-state index in [1.54, 1.807) is 7.11 Å². The topological polar surface area (TPSA) is 50.7 Å². The SMILES string of the molecule is COc1ccc(C2=NC3(CCCCC3)NC2=O)cc1Br. The Balaban J connectivity index is 1.94. The third-order valence-corrected chi connectivity index (χ3v) is 4.61. The van der Waals surface area contributed by atoms with Crippen molar-refractivity contribution < 1.29 is 9.53 Å². The second kappa shape index (κ2) is 5.20. The molecular formula is C15H17BrN2O2. The summed E-state index contributed by atoms with van der Waals surface area (Å²) in [7, 11) is 1.62. The zero-order chi connectivity index (χ0) is 14.2. The molecule has 106 valence electrons. The molecule has 1 saturated carbocycles. The first-order valence-corrected chi connectivity index (χ1v) is 7.69. The lowest BCUT2D eigenvalue weighted by molar-refractivity contribution is -0.115. The van der Waals surface area contributed by atoms with Crippen molar-refractivity contribution in [3.63, 3.8) is 0 Å². The van der Waals surface area contributed by atoms with Crippen molar-refractivity contribution in [2.75, 3.05) is 7.11 Å². The summed E-state index contributed by atoms with van der Waals surface area (Å²) in [5.41, 5.74) is 1.02. The van der Waals surface area contributed by atoms with Gasteiger partial charge in [0.15, 0.2) is 0 Å². The largest absolute Gasteiger partial charge is 0.496 e. The van der Waals surface area contributed by atoms with E-state index in [0.29, 0.717) is 5.71 Å². The number of amides is 1. The second-order valence-corrected chi connectivity index (χ2v) is 6.21. The molecule has 0 radical (unpaired) electrons. The molecule has 1 heterocycles. The zero-order valence-corrected chi connectivity index (χ0v) is 13.0. The molecule has 1 aromatic carbocycles. The highest BCUT2D eigenvalue weighted by molar-refractivity contribution is 9.10. The number of nitrogens with zero attached hydrogens (tertiary/aromatic N) is 1. The molecule has 1 aromatic rings. The molecule has 1 aliphatic carbocycles. The highest BCUT2D eigenvalue weighted by Gasteiger charge is 2.40. The Kier molecular flexibility index (Phi) is 3.54. The Morgan fingerprint density at radius 1 is 1.30 bits per heavy atom. The Morgan fingerprint density at radius 3 is 2.70 bits per heavy atom. The fourth-order valence-electron chi connectivity index (χ4n) is 2.95. The molecule has 1 spiro atoms. The number of benzene rings is 1. The van der Waals surface area contributed by atoms with E-state index in [1.807, 2.05) is 18.2 Å². The third-order valence-electron chi connectivity index (χ3n) is 3.99. The highest BCUT2D eigenvalue weighted by atomic mass is 79.9. The Hall–Kier alpha value is -1.36. The van der Waals surface area contributed by atoms with Crippen molar-refractivity contribution in [2.24, 2.45) is 4.99 Å². The summed E-state index contributed by atoms with van der Waals surface area (Å²) >= 11 is 3.45. The molecule has 1 aliphatic heterocycles. The van der Waals surface area contributed by atoms with Crippen molar-refractivity contribution in [3.8, 4) is 5.75 Å². The van der Waals surface area contributed by atoms with Crippen LogP contribution in [0.1, 0.15) is 37.7 Å². The maximum absolute atomic E-state index is 12.2. The first kappa shape index (κ1) is 13.6. The summed E-state index contributed by atoms with van der Waals surface area (Å²) in [4.78, 5) is 16.9. The first-order chi connectivity index (χ1) is 9.63. The van der Waals surface area contributed by atoms with Gasteiger partial charge in [-0.25, -0.2) is 0 Å². The number of aliphatic imine (C=N–C) groups is 1. The number of carbonyl (C=O) groups excluding carboxylic acids is 1. The van der Waals surface area contributed by atoms with Gasteiger partial charge in [0.2, 0.25) is 0 Å². The van der Waals surface area contributed by atoms with Gasteiger partial charge in [0.1, 0.15) is 17.1 Å². The number of nitrogens with one attached hydrogen (secondary N) is 1. The molecule has 2 aliphatic rings. The molecule has 1 amide bonds. The minimum absolute atomic E-state index is 0.0658. The van der Waals surface area contributed by atoms with Crippen molar-refractivity contribution >= 4 is 27.5 Å². The van der Waals surface area contributed by atoms with E-state index in [2.05, 4.69) is 21.2 Å². The maximum atomic E-state index is 12.2. The smallest absolute Gasteiger partial charge is 0.272 e. The zero-order valence-electron chi connectivity index (χ0n) is 11.4. The Labute approximate surface area is 126 Å². The molecule has 0 unspecified atom stereocenters. The lowest BCUT2D eigenvalue weighted by Crippen LogP contribution is -2.43. The minimum atomic E-state index is -0.350. The van der Waals surface area contributed by atoms with Gasteiger partial charge in [-0.15, -0.1) is 0 Å². The van der Waals surface area contributed by atoms with E-state index in [1.165, 1.54) is 6.42 Å². The van der Waals surface area contributed by atoms with Crippen LogP contribution in [-0.4, -0.2) is 24.4 Å². The van der Waals surface area contributed by atoms with E-state index in [9.17, 15) is 4.79 Å². The number of hydrogen-bond donors (Lipinski definition) is 1. The number of ether oxygens (including phenoxy) is 1. The van der Waals surface area contributed by atoms with Gasteiger partial charge in [0.05, 0.1) is 11.6 Å². The van der Waals surface area contributed by atoms with Gasteiger partial charge in [-0.2, -0.15) is 0 Å². The molecule has 1 N–H and O–H groups in total. The molecule has 0 aromatic heterocycles. The molecule has 0 bridgehead atoms. The average molecular weight is 337 g/mol. The van der Waals surface area contributed by atoms with Crippen LogP contribution in [0.4, 0.5) is 0 Å². The summed E-state index contributed by atoms with van der Waals surface area (Å²) in [6.45, 7) is 0. The number of hydrogen-bond acceptors (Lipinski definition) is 3. The fourth-order valence-corrected chi connectivity index (χ4v) is 3.49. The fraction of sp³-hybridized carbons (Fsp3) is 0.467. The van der Waals surface area contributed by atoms with Crippen molar-refractivity contribution in [3.05, 3.63) is 28.2 Å². The summed E-state index contributed by atoms with van der Waals surface area (Å²) in [5.74, 6) is 0.684. The van der Waals surface area contributed by atoms with Crippen LogP contribution in [0.15, 0.2) is 27.7 Å². The Morgan fingerprint density at radius 2 is 2.05 bits per heavy atom. The van der Waals surface area contributed by atoms with Gasteiger partial charge < -0.3 is 10.1 Å². The van der Waals surface area contributed by atoms with Crippen LogP contribution >= 0.6 is 15.9 Å². The molecule has 0 atom stereocenters. The van der Waals surface area contributed by atoms with Crippen molar-refractivity contribution in [2.45, 2.75) is 37.8 Å². The van der Waals surface area contributed by atoms with Crippen LogP contribution in [0.25, 0.3) is 0 Å². The predicted molar refractivity (Wildman–Crippen MR) is 81.2 cm³/mol. The van der Waals surface area contributed by atoms with E-state index < -0.39 is 0 Å². The normalized spacial score (nSPS) is 20.7. The monoisotopic (exact) mass is 336 g/mol. The lowest BCUT2D eigenvalue weighted by Gasteiger charge is -2.30. The highest BCUT2D eigenvalue weighted by Crippen LogP contribution is 2.34. The number of rotatable bonds is 2. The van der Waals surface area contributed by atoms with Crippen LogP contribution in [-0.2, 0) is 4.79 Å². The summed E-state index contributed by atoms with van der Waals surface area (Å²) < 4.78 is 6.04. The number of methoxy groups -OCH3 is 1. The van der Waals surface area contributed by atoms with Gasteiger partial charge >= 0.3 is 0 Å². The second-order valence-electron chi connectivity index (χ2n) is 5.36. The van der Waals surface area contributed by atoms with Crippen LogP contribution in [0, 0.1) is 0 Å². The molecule has 20 heavy (non-hydrogen) atoms. The average Bonchev–Trinajstić information content (AvgIpc) is 2.76. The number of halogens is 1. The lowest BCUT2D eigenvalue weighted by atomic mass is 9.90. The molecule has 5 heteroatoms. The van der Waals surface area contributed by atoms with E-state index in [4.69, 9.17) is 9.73 Å². The summed E-state index contributed by atoms with van der Waals surface area (Å²) in [6.07, 6.45) is 5.38.